The van der Waals surface area contributed by atoms with Crippen molar-refractivity contribution >= 4 is 28.7 Å². The molecule has 0 saturated heterocycles. The highest BCUT2D eigenvalue weighted by atomic mass is 32.1. The van der Waals surface area contributed by atoms with E-state index in [0.29, 0.717) is 4.88 Å². The Morgan fingerprint density at radius 1 is 1.22 bits per heavy atom. The molecule has 1 aliphatic rings. The molecule has 2 heterocycles. The Hall–Kier alpha value is -2.58. The largest absolute Gasteiger partial charge is 0.443 e. The van der Waals surface area contributed by atoms with Crippen LogP contribution in [0.25, 0.3) is 16.0 Å². The van der Waals surface area contributed by atoms with Crippen molar-refractivity contribution in [3.8, 4) is 16.5 Å². The number of hydrogen-bond acceptors (Lipinski definition) is 4. The molecular formula is C22H24N2O2S. The van der Waals surface area contributed by atoms with Gasteiger partial charge in [0.2, 0.25) is 0 Å². The van der Waals surface area contributed by atoms with Crippen molar-refractivity contribution in [1.29, 1.82) is 5.26 Å². The van der Waals surface area contributed by atoms with E-state index >= 15 is 0 Å². The van der Waals surface area contributed by atoms with Gasteiger partial charge in [0.1, 0.15) is 16.5 Å². The average Bonchev–Trinajstić information content (AvgIpc) is 3.01. The van der Waals surface area contributed by atoms with E-state index in [1.165, 1.54) is 11.3 Å². The van der Waals surface area contributed by atoms with E-state index < -0.39 is 11.1 Å². The van der Waals surface area contributed by atoms with Crippen molar-refractivity contribution < 1.29 is 9.53 Å². The summed E-state index contributed by atoms with van der Waals surface area (Å²) in [6, 6.07) is 12.0. The number of nitriles is 1. The number of allylic oxidation sites excluding steroid dienone is 1. The number of rotatable bonds is 1. The smallest absolute Gasteiger partial charge is 0.415 e. The zero-order chi connectivity index (χ0) is 20.0. The van der Waals surface area contributed by atoms with Crippen molar-refractivity contribution in [1.82, 2.24) is 0 Å². The maximum absolute atomic E-state index is 12.9. The van der Waals surface area contributed by atoms with E-state index in [4.69, 9.17) is 10.00 Å². The number of fused-ring (bicyclic) bond motifs is 1. The molecule has 4 nitrogen and oxygen atoms in total. The molecule has 0 N–H and O–H groups in total. The van der Waals surface area contributed by atoms with Crippen molar-refractivity contribution in [2.24, 2.45) is 0 Å². The van der Waals surface area contributed by atoms with Gasteiger partial charge in [0, 0.05) is 10.4 Å². The van der Waals surface area contributed by atoms with Crippen LogP contribution in [0.5, 0.6) is 0 Å². The normalized spacial score (nSPS) is 15.6. The Kier molecular flexibility index (Phi) is 4.65. The fourth-order valence-corrected chi connectivity index (χ4v) is 4.18. The van der Waals surface area contributed by atoms with Crippen LogP contribution in [0, 0.1) is 11.3 Å². The molecule has 1 aliphatic heterocycles. The van der Waals surface area contributed by atoms with Crippen LogP contribution in [-0.4, -0.2) is 17.2 Å². The van der Waals surface area contributed by atoms with Crippen LogP contribution < -0.4 is 4.90 Å². The molecule has 1 aromatic heterocycles. The highest BCUT2D eigenvalue weighted by molar-refractivity contribution is 7.16. The summed E-state index contributed by atoms with van der Waals surface area (Å²) in [6.07, 6.45) is 1.74. The molecule has 1 amide bonds. The lowest BCUT2D eigenvalue weighted by Crippen LogP contribution is -2.50. The monoisotopic (exact) mass is 380 g/mol. The van der Waals surface area contributed by atoms with Crippen LogP contribution in [0.1, 0.15) is 52.0 Å². The molecule has 5 heteroatoms. The van der Waals surface area contributed by atoms with Gasteiger partial charge < -0.3 is 4.74 Å². The van der Waals surface area contributed by atoms with Crippen LogP contribution in [0.15, 0.2) is 36.4 Å². The van der Waals surface area contributed by atoms with Gasteiger partial charge in [-0.25, -0.2) is 4.79 Å². The maximum Gasteiger partial charge on any atom is 0.415 e. The topological polar surface area (TPSA) is 53.3 Å². The van der Waals surface area contributed by atoms with Crippen molar-refractivity contribution in [3.05, 3.63) is 46.8 Å². The van der Waals surface area contributed by atoms with E-state index in [0.717, 1.165) is 27.3 Å². The van der Waals surface area contributed by atoms with Gasteiger partial charge in [-0.15, -0.1) is 11.3 Å². The molecule has 2 aromatic rings. The second-order valence-electron chi connectivity index (χ2n) is 8.30. The highest BCUT2D eigenvalue weighted by Gasteiger charge is 2.38. The predicted molar refractivity (Wildman–Crippen MR) is 111 cm³/mol. The van der Waals surface area contributed by atoms with Gasteiger partial charge in [0.15, 0.2) is 0 Å². The summed E-state index contributed by atoms with van der Waals surface area (Å²) in [4.78, 5) is 16.4. The summed E-state index contributed by atoms with van der Waals surface area (Å²) >= 11 is 1.47. The summed E-state index contributed by atoms with van der Waals surface area (Å²) in [7, 11) is 0. The Balaban J connectivity index is 2.08. The fraction of sp³-hybridized carbons (Fsp3) is 0.364. The molecule has 0 spiro atoms. The molecule has 0 unspecified atom stereocenters. The standard InChI is InChI=1S/C22H24N2O2S/c1-14-12-22(5,6)24(20(25)26-21(2,3)4)18-9-7-15(11-17(14)18)19-10-8-16(13-23)27-19/h7-12H,1-6H3. The predicted octanol–water partition coefficient (Wildman–Crippen LogP) is 6.22. The van der Waals surface area contributed by atoms with E-state index in [1.807, 2.05) is 58.9 Å². The lowest BCUT2D eigenvalue weighted by atomic mass is 9.88. The number of hydrogen-bond donors (Lipinski definition) is 0. The first-order chi connectivity index (χ1) is 12.5. The van der Waals surface area contributed by atoms with E-state index in [9.17, 15) is 4.79 Å². The van der Waals surface area contributed by atoms with Crippen molar-refractivity contribution in [3.63, 3.8) is 0 Å². The van der Waals surface area contributed by atoms with Crippen LogP contribution in [0.4, 0.5) is 10.5 Å². The van der Waals surface area contributed by atoms with Crippen LogP contribution in [0.2, 0.25) is 0 Å². The van der Waals surface area contributed by atoms with Crippen LogP contribution >= 0.6 is 11.3 Å². The number of amides is 1. The van der Waals surface area contributed by atoms with Gasteiger partial charge in [-0.05, 0) is 76.9 Å². The molecule has 0 saturated carbocycles. The second kappa shape index (κ2) is 6.54. The van der Waals surface area contributed by atoms with E-state index in [2.05, 4.69) is 25.1 Å². The molecule has 0 fully saturated rings. The molecule has 140 valence electrons. The molecule has 27 heavy (non-hydrogen) atoms. The van der Waals surface area contributed by atoms with Crippen molar-refractivity contribution in [2.45, 2.75) is 52.7 Å². The second-order valence-corrected chi connectivity index (χ2v) is 9.39. The minimum absolute atomic E-state index is 0.354. The summed E-state index contributed by atoms with van der Waals surface area (Å²) < 4.78 is 5.66. The zero-order valence-electron chi connectivity index (χ0n) is 16.6. The molecule has 0 bridgehead atoms. The van der Waals surface area contributed by atoms with Gasteiger partial charge in [-0.3, -0.25) is 4.90 Å². The minimum atomic E-state index is -0.561. The number of carbonyl (C=O) groups is 1. The quantitative estimate of drug-likeness (QED) is 0.590. The Labute approximate surface area is 164 Å². The number of anilines is 1. The molecule has 0 aliphatic carbocycles. The molecule has 1 aromatic carbocycles. The summed E-state index contributed by atoms with van der Waals surface area (Å²) in [5, 5.41) is 9.07. The molecule has 0 atom stereocenters. The lowest BCUT2D eigenvalue weighted by Gasteiger charge is -2.41. The van der Waals surface area contributed by atoms with Gasteiger partial charge in [-0.1, -0.05) is 12.1 Å². The third-order valence-corrected chi connectivity index (χ3v) is 5.42. The number of carbonyl (C=O) groups excluding carboxylic acids is 1. The summed E-state index contributed by atoms with van der Waals surface area (Å²) in [6.45, 7) is 11.7. The zero-order valence-corrected chi connectivity index (χ0v) is 17.4. The fourth-order valence-electron chi connectivity index (χ4n) is 3.38. The number of nitrogens with zero attached hydrogens (tertiary/aromatic N) is 2. The van der Waals surface area contributed by atoms with Gasteiger partial charge >= 0.3 is 6.09 Å². The third-order valence-electron chi connectivity index (χ3n) is 4.39. The molecule has 0 radical (unpaired) electrons. The lowest BCUT2D eigenvalue weighted by molar-refractivity contribution is 0.0556. The number of ether oxygens (including phenoxy) is 1. The Bertz CT molecular complexity index is 971. The first-order valence-corrected chi connectivity index (χ1v) is 9.71. The number of thiophene rings is 1. The van der Waals surface area contributed by atoms with Crippen LogP contribution in [0.3, 0.4) is 0 Å². The Morgan fingerprint density at radius 3 is 2.52 bits per heavy atom. The average molecular weight is 381 g/mol. The minimum Gasteiger partial charge on any atom is -0.443 e. The maximum atomic E-state index is 12.9. The third kappa shape index (κ3) is 3.77. The van der Waals surface area contributed by atoms with Gasteiger partial charge in [-0.2, -0.15) is 5.26 Å². The highest BCUT2D eigenvalue weighted by Crippen LogP contribution is 2.42. The van der Waals surface area contributed by atoms with E-state index in [-0.39, 0.29) is 6.09 Å². The van der Waals surface area contributed by atoms with Crippen molar-refractivity contribution in [2.75, 3.05) is 4.90 Å². The SMILES string of the molecule is CC1=CC(C)(C)N(C(=O)OC(C)(C)C)c2ccc(-c3ccc(C#N)s3)cc21. The van der Waals surface area contributed by atoms with Crippen LogP contribution in [-0.2, 0) is 4.74 Å². The Morgan fingerprint density at radius 2 is 1.93 bits per heavy atom. The summed E-state index contributed by atoms with van der Waals surface area (Å²) in [5.74, 6) is 0. The van der Waals surface area contributed by atoms with Gasteiger partial charge in [0.25, 0.3) is 0 Å². The molecule has 3 rings (SSSR count). The first-order valence-electron chi connectivity index (χ1n) is 8.89. The first kappa shape index (κ1) is 19.2. The van der Waals surface area contributed by atoms with Gasteiger partial charge in [0.05, 0.1) is 11.2 Å². The summed E-state index contributed by atoms with van der Waals surface area (Å²) in [5.41, 5.74) is 2.96. The number of benzene rings is 1. The van der Waals surface area contributed by atoms with E-state index in [1.54, 1.807) is 4.90 Å². The molecular weight excluding hydrogens is 356 g/mol.